The number of para-hydroxylation sites is 1. The van der Waals surface area contributed by atoms with Crippen molar-refractivity contribution in [3.05, 3.63) is 53.6 Å². The van der Waals surface area contributed by atoms with Gasteiger partial charge in [-0.15, -0.1) is 0 Å². The molecule has 1 atom stereocenters. The first-order chi connectivity index (χ1) is 13.9. The molecule has 0 saturated carbocycles. The lowest BCUT2D eigenvalue weighted by molar-refractivity contribution is -0.137. The number of nitrogens with one attached hydrogen (secondary N) is 1. The molecule has 0 spiro atoms. The zero-order valence-corrected chi connectivity index (χ0v) is 15.8. The quantitative estimate of drug-likeness (QED) is 0.829. The van der Waals surface area contributed by atoms with Crippen LogP contribution in [0.2, 0.25) is 0 Å². The molecule has 2 aromatic carbocycles. The molecule has 0 bridgehead atoms. The Labute approximate surface area is 167 Å². The van der Waals surface area contributed by atoms with Gasteiger partial charge in [0.1, 0.15) is 11.9 Å². The van der Waals surface area contributed by atoms with Gasteiger partial charge in [-0.2, -0.15) is 13.2 Å². The average molecular weight is 405 g/mol. The number of hydrogen-bond donors (Lipinski definition) is 1. The molecule has 0 aliphatic carbocycles. The van der Waals surface area contributed by atoms with Gasteiger partial charge in [0.05, 0.1) is 12.1 Å². The van der Waals surface area contributed by atoms with Crippen LogP contribution in [0.4, 0.5) is 13.2 Å². The fraction of sp³-hybridized carbons (Fsp3) is 0.409. The maximum Gasteiger partial charge on any atom is 0.417 e. The number of halogens is 3. The predicted molar refractivity (Wildman–Crippen MR) is 102 cm³/mol. The Kier molecular flexibility index (Phi) is 5.50. The lowest BCUT2D eigenvalue weighted by Crippen LogP contribution is -2.39. The molecule has 0 unspecified atom stereocenters. The van der Waals surface area contributed by atoms with Crippen molar-refractivity contribution in [1.29, 1.82) is 0 Å². The summed E-state index contributed by atoms with van der Waals surface area (Å²) in [5.41, 5.74) is 0.690. The van der Waals surface area contributed by atoms with E-state index in [1.54, 1.807) is 18.2 Å². The Morgan fingerprint density at radius 1 is 1.03 bits per heavy atom. The van der Waals surface area contributed by atoms with E-state index in [2.05, 4.69) is 5.32 Å². The molecule has 1 N–H and O–H groups in total. The van der Waals surface area contributed by atoms with Crippen LogP contribution in [0.1, 0.15) is 24.0 Å². The summed E-state index contributed by atoms with van der Waals surface area (Å²) in [6, 6.07) is 10.8. The van der Waals surface area contributed by atoms with Crippen LogP contribution in [-0.2, 0) is 22.1 Å². The zero-order chi connectivity index (χ0) is 20.4. The number of fused-ring (bicyclic) bond motifs is 1. The van der Waals surface area contributed by atoms with Crippen molar-refractivity contribution in [2.75, 3.05) is 19.8 Å². The van der Waals surface area contributed by atoms with Crippen LogP contribution in [-0.4, -0.2) is 31.8 Å². The second-order valence-electron chi connectivity index (χ2n) is 7.41. The van der Waals surface area contributed by atoms with Gasteiger partial charge in [-0.1, -0.05) is 36.4 Å². The topological polar surface area (TPSA) is 47.6 Å². The third kappa shape index (κ3) is 4.24. The molecule has 0 radical (unpaired) electrons. The average Bonchev–Trinajstić information content (AvgIpc) is 3.15. The smallest absolute Gasteiger partial charge is 0.417 e. The minimum atomic E-state index is -4.45. The fourth-order valence-corrected chi connectivity index (χ4v) is 3.95. The number of hydrogen-bond acceptors (Lipinski definition) is 3. The lowest BCUT2D eigenvalue weighted by atomic mass is 9.96. The highest BCUT2D eigenvalue weighted by atomic mass is 19.4. The van der Waals surface area contributed by atoms with Crippen molar-refractivity contribution in [1.82, 2.24) is 5.32 Å². The van der Waals surface area contributed by atoms with E-state index >= 15 is 0 Å². The van der Waals surface area contributed by atoms with Crippen LogP contribution in [0.25, 0.3) is 11.1 Å². The SMILES string of the molecule is O=C(NC[C@H]1Cc2cccc(-c3ccccc3C(F)(F)F)c2O1)C1CCOCC1. The maximum atomic E-state index is 13.5. The molecule has 2 aliphatic heterocycles. The zero-order valence-electron chi connectivity index (χ0n) is 15.8. The van der Waals surface area contributed by atoms with E-state index in [1.165, 1.54) is 12.1 Å². The van der Waals surface area contributed by atoms with Crippen molar-refractivity contribution in [3.8, 4) is 16.9 Å². The molecule has 1 fully saturated rings. The Balaban J connectivity index is 1.50. The summed E-state index contributed by atoms with van der Waals surface area (Å²) in [6.45, 7) is 1.50. The highest BCUT2D eigenvalue weighted by Crippen LogP contribution is 2.43. The molecule has 29 heavy (non-hydrogen) atoms. The molecular weight excluding hydrogens is 383 g/mol. The van der Waals surface area contributed by atoms with Crippen LogP contribution in [0.5, 0.6) is 5.75 Å². The lowest BCUT2D eigenvalue weighted by Gasteiger charge is -2.22. The molecule has 4 nitrogen and oxygen atoms in total. The van der Waals surface area contributed by atoms with Crippen molar-refractivity contribution >= 4 is 5.91 Å². The van der Waals surface area contributed by atoms with Crippen molar-refractivity contribution in [2.45, 2.75) is 31.5 Å². The summed E-state index contributed by atoms with van der Waals surface area (Å²) in [7, 11) is 0. The van der Waals surface area contributed by atoms with Gasteiger partial charge in [0.2, 0.25) is 5.91 Å². The Morgan fingerprint density at radius 2 is 1.76 bits per heavy atom. The first-order valence-electron chi connectivity index (χ1n) is 9.74. The summed E-state index contributed by atoms with van der Waals surface area (Å²) in [5.74, 6) is 0.395. The number of alkyl halides is 3. The van der Waals surface area contributed by atoms with Gasteiger partial charge < -0.3 is 14.8 Å². The summed E-state index contributed by atoms with van der Waals surface area (Å²) in [4.78, 5) is 12.3. The number of ether oxygens (including phenoxy) is 2. The molecule has 2 heterocycles. The van der Waals surface area contributed by atoms with Gasteiger partial charge in [0, 0.05) is 31.1 Å². The van der Waals surface area contributed by atoms with Gasteiger partial charge in [-0.25, -0.2) is 0 Å². The normalized spacial score (nSPS) is 19.5. The monoisotopic (exact) mass is 405 g/mol. The number of rotatable bonds is 4. The molecule has 1 saturated heterocycles. The van der Waals surface area contributed by atoms with Crippen LogP contribution < -0.4 is 10.1 Å². The summed E-state index contributed by atoms with van der Waals surface area (Å²) in [6.07, 6.45) is -2.79. The van der Waals surface area contributed by atoms with Crippen LogP contribution in [0, 0.1) is 5.92 Å². The number of carbonyl (C=O) groups excluding carboxylic acids is 1. The second kappa shape index (κ2) is 8.06. The van der Waals surface area contributed by atoms with E-state index in [0.29, 0.717) is 50.3 Å². The largest absolute Gasteiger partial charge is 0.487 e. The maximum absolute atomic E-state index is 13.5. The molecule has 2 aromatic rings. The van der Waals surface area contributed by atoms with Crippen molar-refractivity contribution < 1.29 is 27.4 Å². The molecule has 1 amide bonds. The first kappa shape index (κ1) is 19.8. The summed E-state index contributed by atoms with van der Waals surface area (Å²) in [5, 5.41) is 2.92. The Bertz CT molecular complexity index is 891. The molecule has 154 valence electrons. The summed E-state index contributed by atoms with van der Waals surface area (Å²) >= 11 is 0. The standard InChI is InChI=1S/C22H22F3NO3/c23-22(24,25)19-7-2-1-5-17(19)18-6-3-4-15-12-16(29-20(15)18)13-26-21(27)14-8-10-28-11-9-14/h1-7,14,16H,8-13H2,(H,26,27)/t16-/m1/s1. The van der Waals surface area contributed by atoms with Crippen LogP contribution in [0.3, 0.4) is 0 Å². The Hall–Kier alpha value is -2.54. The number of amides is 1. The second-order valence-corrected chi connectivity index (χ2v) is 7.41. The van der Waals surface area contributed by atoms with Gasteiger partial charge in [0.25, 0.3) is 0 Å². The van der Waals surface area contributed by atoms with E-state index < -0.39 is 11.7 Å². The van der Waals surface area contributed by atoms with Gasteiger partial charge >= 0.3 is 6.18 Å². The molecule has 7 heteroatoms. The van der Waals surface area contributed by atoms with Crippen LogP contribution >= 0.6 is 0 Å². The van der Waals surface area contributed by atoms with Gasteiger partial charge in [0.15, 0.2) is 0 Å². The van der Waals surface area contributed by atoms with E-state index in [0.717, 1.165) is 11.6 Å². The third-order valence-electron chi connectivity index (χ3n) is 5.45. The van der Waals surface area contributed by atoms with Gasteiger partial charge in [-0.05, 0) is 30.0 Å². The number of carbonyl (C=O) groups is 1. The Morgan fingerprint density at radius 3 is 2.52 bits per heavy atom. The third-order valence-corrected chi connectivity index (χ3v) is 5.45. The summed E-state index contributed by atoms with van der Waals surface area (Å²) < 4.78 is 51.6. The van der Waals surface area contributed by atoms with Crippen molar-refractivity contribution in [3.63, 3.8) is 0 Å². The molecular formula is C22H22F3NO3. The first-order valence-corrected chi connectivity index (χ1v) is 9.74. The number of benzene rings is 2. The highest BCUT2D eigenvalue weighted by molar-refractivity contribution is 5.79. The predicted octanol–water partition coefficient (Wildman–Crippen LogP) is 4.22. The van der Waals surface area contributed by atoms with E-state index in [1.807, 2.05) is 6.07 Å². The van der Waals surface area contributed by atoms with Crippen LogP contribution in [0.15, 0.2) is 42.5 Å². The highest BCUT2D eigenvalue weighted by Gasteiger charge is 2.35. The van der Waals surface area contributed by atoms with Crippen molar-refractivity contribution in [2.24, 2.45) is 5.92 Å². The molecule has 4 rings (SSSR count). The van der Waals surface area contributed by atoms with E-state index in [4.69, 9.17) is 9.47 Å². The van der Waals surface area contributed by atoms with E-state index in [-0.39, 0.29) is 23.5 Å². The minimum absolute atomic E-state index is 0.0181. The minimum Gasteiger partial charge on any atom is -0.487 e. The van der Waals surface area contributed by atoms with Gasteiger partial charge in [-0.3, -0.25) is 4.79 Å². The molecule has 2 aliphatic rings. The molecule has 0 aromatic heterocycles. The van der Waals surface area contributed by atoms with E-state index in [9.17, 15) is 18.0 Å². The fourth-order valence-electron chi connectivity index (χ4n) is 3.95.